The summed E-state index contributed by atoms with van der Waals surface area (Å²) in [5.41, 5.74) is 5.53. The number of hydrogen-bond donors (Lipinski definition) is 4. The molecule has 1 aromatic heterocycles. The first-order chi connectivity index (χ1) is 16.9. The highest BCUT2D eigenvalue weighted by atomic mass is 32.2. The standard InChI is InChI=1S/C24H33N5O6S/c1-24(2,3)35-23(32)19(29-36(33,34)18-11-5-4-6-12-18)15-26-22(31)16-27-21(30)14-8-10-17-9-7-13-20(25)28-17/h4-7,9,11-13,19,29H,8,10,14-16H2,1-3H3,(H2,25,28)(H,26,31)(H,27,30)/t19-/m0/s1. The lowest BCUT2D eigenvalue weighted by atomic mass is 10.1. The molecular formula is C24H33N5O6S. The van der Waals surface area contributed by atoms with Gasteiger partial charge < -0.3 is 21.1 Å². The van der Waals surface area contributed by atoms with Crippen LogP contribution >= 0.6 is 0 Å². The molecule has 2 amide bonds. The minimum atomic E-state index is -4.05. The molecule has 0 spiro atoms. The van der Waals surface area contributed by atoms with E-state index in [2.05, 4.69) is 20.3 Å². The number of ether oxygens (including phenoxy) is 1. The van der Waals surface area contributed by atoms with Gasteiger partial charge in [0.15, 0.2) is 0 Å². The van der Waals surface area contributed by atoms with E-state index in [0.717, 1.165) is 5.69 Å². The van der Waals surface area contributed by atoms with Gasteiger partial charge in [0.1, 0.15) is 17.5 Å². The van der Waals surface area contributed by atoms with E-state index >= 15 is 0 Å². The third kappa shape index (κ3) is 10.4. The lowest BCUT2D eigenvalue weighted by Crippen LogP contribution is -2.51. The highest BCUT2D eigenvalue weighted by Gasteiger charge is 2.30. The van der Waals surface area contributed by atoms with Crippen LogP contribution in [0.1, 0.15) is 39.3 Å². The van der Waals surface area contributed by atoms with Gasteiger partial charge in [-0.15, -0.1) is 0 Å². The second-order valence-corrected chi connectivity index (χ2v) is 10.7. The number of nitrogens with two attached hydrogens (primary N) is 1. The molecule has 0 fully saturated rings. The van der Waals surface area contributed by atoms with E-state index < -0.39 is 33.5 Å². The number of hydrogen-bond acceptors (Lipinski definition) is 8. The summed E-state index contributed by atoms with van der Waals surface area (Å²) in [5.74, 6) is -1.36. The first-order valence-corrected chi connectivity index (χ1v) is 12.9. The number of carbonyl (C=O) groups is 3. The first kappa shape index (κ1) is 28.7. The number of aryl methyl sites for hydroxylation is 1. The third-order valence-electron chi connectivity index (χ3n) is 4.66. The molecule has 1 atom stereocenters. The minimum absolute atomic E-state index is 0.0365. The smallest absolute Gasteiger partial charge is 0.326 e. The molecule has 1 aromatic carbocycles. The molecule has 2 aromatic rings. The van der Waals surface area contributed by atoms with Crippen LogP contribution in [0.25, 0.3) is 0 Å². The van der Waals surface area contributed by atoms with Crippen LogP contribution in [-0.2, 0) is 35.6 Å². The van der Waals surface area contributed by atoms with Crippen molar-refractivity contribution >= 4 is 33.6 Å². The fraction of sp³-hybridized carbons (Fsp3) is 0.417. The Balaban J connectivity index is 1.87. The number of anilines is 1. The maximum Gasteiger partial charge on any atom is 0.326 e. The highest BCUT2D eigenvalue weighted by molar-refractivity contribution is 7.89. The molecule has 12 heteroatoms. The second kappa shape index (κ2) is 13.0. The van der Waals surface area contributed by atoms with Gasteiger partial charge in [-0.25, -0.2) is 13.4 Å². The lowest BCUT2D eigenvalue weighted by molar-refractivity contribution is -0.156. The maximum absolute atomic E-state index is 12.7. The summed E-state index contributed by atoms with van der Waals surface area (Å²) in [6.07, 6.45) is 1.26. The number of esters is 1. The molecule has 36 heavy (non-hydrogen) atoms. The van der Waals surface area contributed by atoms with E-state index in [-0.39, 0.29) is 30.3 Å². The fourth-order valence-corrected chi connectivity index (χ4v) is 4.22. The number of pyridine rings is 1. The van der Waals surface area contributed by atoms with E-state index in [1.54, 1.807) is 51.1 Å². The van der Waals surface area contributed by atoms with E-state index in [9.17, 15) is 22.8 Å². The van der Waals surface area contributed by atoms with Gasteiger partial charge in [0.05, 0.1) is 11.4 Å². The molecule has 5 N–H and O–H groups in total. The quantitative estimate of drug-likeness (QED) is 0.300. The van der Waals surface area contributed by atoms with Gasteiger partial charge in [-0.2, -0.15) is 4.72 Å². The number of sulfonamides is 1. The van der Waals surface area contributed by atoms with Crippen molar-refractivity contribution < 1.29 is 27.5 Å². The molecule has 0 aliphatic carbocycles. The first-order valence-electron chi connectivity index (χ1n) is 11.4. The van der Waals surface area contributed by atoms with E-state index in [1.807, 2.05) is 6.07 Å². The minimum Gasteiger partial charge on any atom is -0.459 e. The zero-order valence-electron chi connectivity index (χ0n) is 20.6. The Morgan fingerprint density at radius 1 is 1.00 bits per heavy atom. The average molecular weight is 520 g/mol. The van der Waals surface area contributed by atoms with Crippen LogP contribution in [0.5, 0.6) is 0 Å². The molecule has 1 heterocycles. The lowest BCUT2D eigenvalue weighted by Gasteiger charge is -2.24. The van der Waals surface area contributed by atoms with Gasteiger partial charge in [-0.3, -0.25) is 14.4 Å². The summed E-state index contributed by atoms with van der Waals surface area (Å²) >= 11 is 0. The van der Waals surface area contributed by atoms with Gasteiger partial charge >= 0.3 is 5.97 Å². The Labute approximate surface area is 211 Å². The molecule has 0 saturated carbocycles. The number of nitrogens with zero attached hydrogens (tertiary/aromatic N) is 1. The van der Waals surface area contributed by atoms with Gasteiger partial charge in [-0.1, -0.05) is 24.3 Å². The van der Waals surface area contributed by atoms with Crippen LogP contribution in [-0.4, -0.2) is 55.9 Å². The van der Waals surface area contributed by atoms with Crippen molar-refractivity contribution in [1.29, 1.82) is 0 Å². The van der Waals surface area contributed by atoms with Crippen molar-refractivity contribution in [3.63, 3.8) is 0 Å². The summed E-state index contributed by atoms with van der Waals surface area (Å²) in [5, 5.41) is 4.96. The Morgan fingerprint density at radius 3 is 2.33 bits per heavy atom. The molecule has 0 saturated heterocycles. The van der Waals surface area contributed by atoms with Crippen LogP contribution in [0.2, 0.25) is 0 Å². The number of benzene rings is 1. The second-order valence-electron chi connectivity index (χ2n) is 9.01. The van der Waals surface area contributed by atoms with Crippen molar-refractivity contribution in [3.05, 3.63) is 54.2 Å². The van der Waals surface area contributed by atoms with Crippen molar-refractivity contribution in [3.8, 4) is 0 Å². The van der Waals surface area contributed by atoms with Crippen LogP contribution < -0.4 is 21.1 Å². The van der Waals surface area contributed by atoms with Crippen molar-refractivity contribution in [2.24, 2.45) is 0 Å². The molecular weight excluding hydrogens is 486 g/mol. The van der Waals surface area contributed by atoms with Crippen LogP contribution in [0.3, 0.4) is 0 Å². The molecule has 0 unspecified atom stereocenters. The van der Waals surface area contributed by atoms with Gasteiger partial charge in [0, 0.05) is 18.7 Å². The van der Waals surface area contributed by atoms with Crippen molar-refractivity contribution in [2.45, 2.75) is 56.6 Å². The number of aromatic nitrogens is 1. The van der Waals surface area contributed by atoms with E-state index in [0.29, 0.717) is 18.7 Å². The summed E-state index contributed by atoms with van der Waals surface area (Å²) in [6, 6.07) is 11.4. The maximum atomic E-state index is 12.7. The predicted molar refractivity (Wildman–Crippen MR) is 134 cm³/mol. The van der Waals surface area contributed by atoms with Gasteiger partial charge in [0.25, 0.3) is 0 Å². The zero-order chi connectivity index (χ0) is 26.8. The zero-order valence-corrected chi connectivity index (χ0v) is 21.4. The summed E-state index contributed by atoms with van der Waals surface area (Å²) in [7, 11) is -4.05. The van der Waals surface area contributed by atoms with E-state index in [4.69, 9.17) is 10.5 Å². The largest absolute Gasteiger partial charge is 0.459 e. The number of rotatable bonds is 12. The predicted octanol–water partition coefficient (Wildman–Crippen LogP) is 0.908. The van der Waals surface area contributed by atoms with Crippen LogP contribution in [0.15, 0.2) is 53.4 Å². The van der Waals surface area contributed by atoms with Crippen molar-refractivity contribution in [1.82, 2.24) is 20.3 Å². The summed E-state index contributed by atoms with van der Waals surface area (Å²) in [6.45, 7) is 4.23. The number of carbonyl (C=O) groups excluding carboxylic acids is 3. The topological polar surface area (TPSA) is 170 Å². The van der Waals surface area contributed by atoms with Crippen molar-refractivity contribution in [2.75, 3.05) is 18.8 Å². The van der Waals surface area contributed by atoms with Crippen LogP contribution in [0.4, 0.5) is 5.82 Å². The number of nitrogens with one attached hydrogen (secondary N) is 3. The molecule has 196 valence electrons. The normalized spacial score (nSPS) is 12.4. The monoisotopic (exact) mass is 519 g/mol. The molecule has 2 rings (SSSR count). The Bertz CT molecular complexity index is 1150. The third-order valence-corrected chi connectivity index (χ3v) is 6.14. The molecule has 0 aliphatic heterocycles. The average Bonchev–Trinajstić information content (AvgIpc) is 2.80. The number of nitrogen functional groups attached to an aromatic ring is 1. The molecule has 11 nitrogen and oxygen atoms in total. The SMILES string of the molecule is CC(C)(C)OC(=O)[C@H](CNC(=O)CNC(=O)CCCc1cccc(N)n1)NS(=O)(=O)c1ccccc1. The van der Waals surface area contributed by atoms with Gasteiger partial charge in [0.2, 0.25) is 21.8 Å². The van der Waals surface area contributed by atoms with Crippen LogP contribution in [0, 0.1) is 0 Å². The number of amides is 2. The molecule has 0 radical (unpaired) electrons. The fourth-order valence-electron chi connectivity index (χ4n) is 3.01. The Hall–Kier alpha value is -3.51. The molecule has 0 bridgehead atoms. The Morgan fingerprint density at radius 2 is 1.69 bits per heavy atom. The Kier molecular flexibility index (Phi) is 10.4. The summed E-state index contributed by atoms with van der Waals surface area (Å²) < 4.78 is 33.0. The molecule has 0 aliphatic rings. The van der Waals surface area contributed by atoms with E-state index in [1.165, 1.54) is 12.1 Å². The summed E-state index contributed by atoms with van der Waals surface area (Å²) in [4.78, 5) is 41.0. The highest BCUT2D eigenvalue weighted by Crippen LogP contribution is 2.12. The van der Waals surface area contributed by atoms with Gasteiger partial charge in [-0.05, 0) is 57.9 Å².